The highest BCUT2D eigenvalue weighted by Crippen LogP contribution is 2.36. The quantitative estimate of drug-likeness (QED) is 0.648. The normalized spacial score (nSPS) is 11.0. The molecular formula is C15H9BrF2N2S. The maximum atomic E-state index is 13.8. The number of nitrogen functional groups attached to an aromatic ring is 1. The first-order valence-electron chi connectivity index (χ1n) is 6.01. The van der Waals surface area contributed by atoms with Gasteiger partial charge in [-0.1, -0.05) is 11.8 Å². The number of hydrogen-bond acceptors (Lipinski definition) is 3. The second kappa shape index (κ2) is 5.61. The van der Waals surface area contributed by atoms with Crippen LogP contribution in [0, 0.1) is 11.6 Å². The second-order valence-corrected chi connectivity index (χ2v) is 6.38. The maximum Gasteiger partial charge on any atom is 0.137 e. The molecule has 1 heterocycles. The van der Waals surface area contributed by atoms with Crippen molar-refractivity contribution in [1.82, 2.24) is 4.98 Å². The van der Waals surface area contributed by atoms with Crippen molar-refractivity contribution >= 4 is 44.3 Å². The molecule has 0 saturated carbocycles. The van der Waals surface area contributed by atoms with Crippen LogP contribution in [0.5, 0.6) is 0 Å². The average molecular weight is 367 g/mol. The van der Waals surface area contributed by atoms with E-state index in [1.165, 1.54) is 6.07 Å². The molecule has 2 N–H and O–H groups in total. The van der Waals surface area contributed by atoms with Gasteiger partial charge in [-0.2, -0.15) is 0 Å². The minimum atomic E-state index is -0.477. The fourth-order valence-electron chi connectivity index (χ4n) is 1.95. The van der Waals surface area contributed by atoms with E-state index in [2.05, 4.69) is 20.9 Å². The lowest BCUT2D eigenvalue weighted by Crippen LogP contribution is -1.91. The fraction of sp³-hybridized carbons (Fsp3) is 0. The molecule has 21 heavy (non-hydrogen) atoms. The highest BCUT2D eigenvalue weighted by atomic mass is 79.9. The third kappa shape index (κ3) is 2.87. The lowest BCUT2D eigenvalue weighted by Gasteiger charge is -2.09. The third-order valence-electron chi connectivity index (χ3n) is 2.93. The molecular weight excluding hydrogens is 358 g/mol. The van der Waals surface area contributed by atoms with Crippen LogP contribution in [0.4, 0.5) is 14.5 Å². The van der Waals surface area contributed by atoms with Crippen LogP contribution in [0.2, 0.25) is 0 Å². The van der Waals surface area contributed by atoms with Crippen LogP contribution < -0.4 is 5.73 Å². The monoisotopic (exact) mass is 366 g/mol. The molecule has 3 aromatic rings. The molecule has 0 bridgehead atoms. The highest BCUT2D eigenvalue weighted by Gasteiger charge is 2.11. The van der Waals surface area contributed by atoms with Gasteiger partial charge in [0, 0.05) is 26.6 Å². The summed E-state index contributed by atoms with van der Waals surface area (Å²) in [5, 5.41) is 0.770. The number of halogens is 3. The van der Waals surface area contributed by atoms with Crippen LogP contribution in [0.25, 0.3) is 10.9 Å². The lowest BCUT2D eigenvalue weighted by atomic mass is 10.2. The Morgan fingerprint density at radius 1 is 1.05 bits per heavy atom. The minimum absolute atomic E-state index is 0.214. The Bertz CT molecular complexity index is 839. The molecule has 0 aliphatic heterocycles. The van der Waals surface area contributed by atoms with Gasteiger partial charge < -0.3 is 5.73 Å². The van der Waals surface area contributed by atoms with Crippen molar-refractivity contribution in [3.63, 3.8) is 0 Å². The van der Waals surface area contributed by atoms with Crippen LogP contribution >= 0.6 is 27.7 Å². The molecule has 0 amide bonds. The van der Waals surface area contributed by atoms with Gasteiger partial charge in [-0.3, -0.25) is 4.98 Å². The Balaban J connectivity index is 2.13. The first-order chi connectivity index (χ1) is 10.0. The van der Waals surface area contributed by atoms with Gasteiger partial charge in [0.25, 0.3) is 0 Å². The van der Waals surface area contributed by atoms with Crippen LogP contribution in [0.1, 0.15) is 0 Å². The number of pyridine rings is 1. The first-order valence-corrected chi connectivity index (χ1v) is 7.62. The van der Waals surface area contributed by atoms with E-state index in [0.717, 1.165) is 38.6 Å². The minimum Gasteiger partial charge on any atom is -0.398 e. The van der Waals surface area contributed by atoms with Gasteiger partial charge >= 0.3 is 0 Å². The van der Waals surface area contributed by atoms with E-state index in [0.29, 0.717) is 11.2 Å². The number of nitrogens with two attached hydrogens (primary N) is 1. The highest BCUT2D eigenvalue weighted by molar-refractivity contribution is 9.10. The Labute approximate surface area is 132 Å². The molecule has 0 aliphatic carbocycles. The molecule has 0 spiro atoms. The SMILES string of the molecule is Nc1ccc(Sc2cc(F)ccc2F)c2ncc(Br)cc12. The summed E-state index contributed by atoms with van der Waals surface area (Å²) in [5.41, 5.74) is 7.18. The Hall–Kier alpha value is -1.66. The zero-order valence-electron chi connectivity index (χ0n) is 10.6. The number of anilines is 1. The molecule has 1 aromatic heterocycles. The smallest absolute Gasteiger partial charge is 0.137 e. The summed E-state index contributed by atoms with van der Waals surface area (Å²) in [6.07, 6.45) is 1.65. The molecule has 0 aliphatic rings. The predicted molar refractivity (Wildman–Crippen MR) is 84.3 cm³/mol. The van der Waals surface area contributed by atoms with Crippen molar-refractivity contribution in [3.8, 4) is 0 Å². The van der Waals surface area contributed by atoms with Gasteiger partial charge in [0.2, 0.25) is 0 Å². The van der Waals surface area contributed by atoms with Crippen LogP contribution in [0.3, 0.4) is 0 Å². The van der Waals surface area contributed by atoms with E-state index in [9.17, 15) is 8.78 Å². The number of rotatable bonds is 2. The third-order valence-corrected chi connectivity index (χ3v) is 4.44. The zero-order valence-corrected chi connectivity index (χ0v) is 13.0. The number of hydrogen-bond donors (Lipinski definition) is 1. The van der Waals surface area contributed by atoms with Crippen LogP contribution in [0.15, 0.2) is 56.9 Å². The Morgan fingerprint density at radius 3 is 2.67 bits per heavy atom. The molecule has 3 rings (SSSR count). The molecule has 2 aromatic carbocycles. The second-order valence-electron chi connectivity index (χ2n) is 4.38. The van der Waals surface area contributed by atoms with Crippen molar-refractivity contribution < 1.29 is 8.78 Å². The molecule has 106 valence electrons. The van der Waals surface area contributed by atoms with E-state index in [1.54, 1.807) is 18.3 Å². The van der Waals surface area contributed by atoms with Crippen molar-refractivity contribution in [3.05, 3.63) is 58.7 Å². The number of fused-ring (bicyclic) bond motifs is 1. The van der Waals surface area contributed by atoms with Crippen molar-refractivity contribution in [1.29, 1.82) is 0 Å². The fourth-order valence-corrected chi connectivity index (χ4v) is 3.25. The molecule has 0 atom stereocenters. The molecule has 2 nitrogen and oxygen atoms in total. The van der Waals surface area contributed by atoms with Gasteiger partial charge in [-0.15, -0.1) is 0 Å². The molecule has 0 fully saturated rings. The van der Waals surface area contributed by atoms with Crippen LogP contribution in [-0.2, 0) is 0 Å². The molecule has 0 unspecified atom stereocenters. The molecule has 0 radical (unpaired) electrons. The zero-order chi connectivity index (χ0) is 15.0. The summed E-state index contributed by atoms with van der Waals surface area (Å²) in [7, 11) is 0. The van der Waals surface area contributed by atoms with Gasteiger partial charge in [-0.25, -0.2) is 8.78 Å². The van der Waals surface area contributed by atoms with Crippen molar-refractivity contribution in [2.24, 2.45) is 0 Å². The first kappa shape index (κ1) is 14.3. The summed E-state index contributed by atoms with van der Waals surface area (Å²) in [5.74, 6) is -0.946. The van der Waals surface area contributed by atoms with E-state index >= 15 is 0 Å². The van der Waals surface area contributed by atoms with Gasteiger partial charge in [0.05, 0.1) is 10.4 Å². The van der Waals surface area contributed by atoms with E-state index in [-0.39, 0.29) is 4.90 Å². The summed E-state index contributed by atoms with van der Waals surface area (Å²) < 4.78 is 27.8. The van der Waals surface area contributed by atoms with Gasteiger partial charge in [0.15, 0.2) is 0 Å². The molecule has 0 saturated heterocycles. The number of nitrogens with zero attached hydrogens (tertiary/aromatic N) is 1. The predicted octanol–water partition coefficient (Wildman–Crippen LogP) is 5.01. The average Bonchev–Trinajstić information content (AvgIpc) is 2.46. The standard InChI is InChI=1S/C15H9BrF2N2S/c16-8-5-10-12(19)3-4-13(15(10)20-7-8)21-14-6-9(17)1-2-11(14)18/h1-7H,19H2. The lowest BCUT2D eigenvalue weighted by molar-refractivity contribution is 0.577. The van der Waals surface area contributed by atoms with Crippen molar-refractivity contribution in [2.75, 3.05) is 5.73 Å². The van der Waals surface area contributed by atoms with Gasteiger partial charge in [0.1, 0.15) is 11.6 Å². The summed E-state index contributed by atoms with van der Waals surface area (Å²) >= 11 is 4.47. The van der Waals surface area contributed by atoms with Gasteiger partial charge in [-0.05, 0) is 52.3 Å². The summed E-state index contributed by atoms with van der Waals surface area (Å²) in [4.78, 5) is 5.26. The summed E-state index contributed by atoms with van der Waals surface area (Å²) in [6.45, 7) is 0. The van der Waals surface area contributed by atoms with E-state index < -0.39 is 11.6 Å². The largest absolute Gasteiger partial charge is 0.398 e. The Kier molecular flexibility index (Phi) is 3.82. The van der Waals surface area contributed by atoms with Crippen LogP contribution in [-0.4, -0.2) is 4.98 Å². The maximum absolute atomic E-state index is 13.8. The van der Waals surface area contributed by atoms with Crippen molar-refractivity contribution in [2.45, 2.75) is 9.79 Å². The van der Waals surface area contributed by atoms with E-state index in [4.69, 9.17) is 5.73 Å². The molecule has 6 heteroatoms. The summed E-state index contributed by atoms with van der Waals surface area (Å²) in [6, 6.07) is 8.71. The number of aromatic nitrogens is 1. The number of benzene rings is 2. The topological polar surface area (TPSA) is 38.9 Å². The Morgan fingerprint density at radius 2 is 1.86 bits per heavy atom. The van der Waals surface area contributed by atoms with E-state index in [1.807, 2.05) is 6.07 Å².